The van der Waals surface area contributed by atoms with Crippen molar-refractivity contribution in [3.63, 3.8) is 0 Å². The summed E-state index contributed by atoms with van der Waals surface area (Å²) in [4.78, 5) is 26.1. The maximum atomic E-state index is 12.8. The summed E-state index contributed by atoms with van der Waals surface area (Å²) < 4.78 is 5.01. The SMILES string of the molecule is O=C1NC2(CO1)CC(C(=O)N1C[C@@H]3[C@H](C1)[C@H]3c1ccc3c(c1)CCC3)C2. The number of carbonyl (C=O) groups is 2. The molecule has 5 nitrogen and oxygen atoms in total. The van der Waals surface area contributed by atoms with Gasteiger partial charge in [0.2, 0.25) is 5.91 Å². The number of piperidine rings is 1. The van der Waals surface area contributed by atoms with Gasteiger partial charge in [0.25, 0.3) is 0 Å². The molecule has 1 spiro atoms. The smallest absolute Gasteiger partial charge is 0.407 e. The van der Waals surface area contributed by atoms with Crippen LogP contribution in [0.3, 0.4) is 0 Å². The van der Waals surface area contributed by atoms with E-state index in [0.29, 0.717) is 24.4 Å². The van der Waals surface area contributed by atoms with Crippen molar-refractivity contribution in [3.05, 3.63) is 34.9 Å². The monoisotopic (exact) mass is 352 g/mol. The van der Waals surface area contributed by atoms with Crippen LogP contribution in [0.5, 0.6) is 0 Å². The average molecular weight is 352 g/mol. The van der Waals surface area contributed by atoms with Crippen molar-refractivity contribution >= 4 is 12.0 Å². The van der Waals surface area contributed by atoms with Crippen LogP contribution < -0.4 is 5.32 Å². The molecule has 2 amide bonds. The molecule has 2 heterocycles. The van der Waals surface area contributed by atoms with E-state index < -0.39 is 0 Å². The molecule has 0 aromatic heterocycles. The number of ether oxygens (including phenoxy) is 1. The Hall–Kier alpha value is -2.04. The zero-order valence-corrected chi connectivity index (χ0v) is 14.9. The fourth-order valence-corrected chi connectivity index (χ4v) is 6.03. The number of hydrogen-bond acceptors (Lipinski definition) is 3. The Bertz CT molecular complexity index is 801. The van der Waals surface area contributed by atoms with Gasteiger partial charge in [0, 0.05) is 19.0 Å². The minimum Gasteiger partial charge on any atom is -0.447 e. The van der Waals surface area contributed by atoms with Gasteiger partial charge < -0.3 is 15.0 Å². The Morgan fingerprint density at radius 1 is 1.15 bits per heavy atom. The molecule has 1 aromatic carbocycles. The second-order valence-electron chi connectivity index (χ2n) is 9.07. The molecule has 0 radical (unpaired) electrons. The van der Waals surface area contributed by atoms with Crippen molar-refractivity contribution in [2.75, 3.05) is 19.7 Å². The lowest BCUT2D eigenvalue weighted by Crippen LogP contribution is -2.58. The standard InChI is InChI=1S/C21H24N2O3/c24-19(15-7-21(8-15)11-26-20(25)22-21)23-9-16-17(10-23)18(16)14-5-4-12-2-1-3-13(12)6-14/h4-6,15-18H,1-3,7-11H2,(H,22,25)/t15?,16-,17+,18+,21?. The zero-order chi connectivity index (χ0) is 17.5. The quantitative estimate of drug-likeness (QED) is 0.888. The lowest BCUT2D eigenvalue weighted by atomic mass is 9.68. The van der Waals surface area contributed by atoms with E-state index in [0.717, 1.165) is 25.9 Å². The highest BCUT2D eigenvalue weighted by Crippen LogP contribution is 2.59. The first-order valence-electron chi connectivity index (χ1n) is 9.97. The lowest BCUT2D eigenvalue weighted by Gasteiger charge is -2.43. The van der Waals surface area contributed by atoms with Crippen LogP contribution in [0, 0.1) is 17.8 Å². The summed E-state index contributed by atoms with van der Waals surface area (Å²) in [6.45, 7) is 2.25. The number of nitrogens with one attached hydrogen (secondary N) is 1. The van der Waals surface area contributed by atoms with Crippen molar-refractivity contribution < 1.29 is 14.3 Å². The van der Waals surface area contributed by atoms with Crippen molar-refractivity contribution in [1.29, 1.82) is 0 Å². The number of carbonyl (C=O) groups excluding carboxylic acids is 2. The van der Waals surface area contributed by atoms with Crippen LogP contribution in [0.25, 0.3) is 0 Å². The van der Waals surface area contributed by atoms with Gasteiger partial charge in [0.15, 0.2) is 0 Å². The van der Waals surface area contributed by atoms with E-state index in [1.165, 1.54) is 24.8 Å². The molecule has 5 aliphatic rings. The summed E-state index contributed by atoms with van der Waals surface area (Å²) in [7, 11) is 0. The fourth-order valence-electron chi connectivity index (χ4n) is 6.03. The number of amides is 2. The third-order valence-corrected chi connectivity index (χ3v) is 7.48. The molecule has 3 aliphatic carbocycles. The molecule has 26 heavy (non-hydrogen) atoms. The zero-order valence-electron chi connectivity index (χ0n) is 14.9. The second kappa shape index (κ2) is 5.02. The summed E-state index contributed by atoms with van der Waals surface area (Å²) in [5.41, 5.74) is 4.34. The Kier molecular flexibility index (Phi) is 2.91. The highest BCUT2D eigenvalue weighted by Gasteiger charge is 2.59. The van der Waals surface area contributed by atoms with Gasteiger partial charge in [-0.05, 0) is 66.5 Å². The minimum atomic E-state index is -0.337. The predicted molar refractivity (Wildman–Crippen MR) is 94.7 cm³/mol. The Morgan fingerprint density at radius 3 is 2.65 bits per heavy atom. The first-order chi connectivity index (χ1) is 12.6. The summed E-state index contributed by atoms with van der Waals surface area (Å²) in [6, 6.07) is 7.11. The van der Waals surface area contributed by atoms with Gasteiger partial charge >= 0.3 is 6.09 Å². The Balaban J connectivity index is 1.07. The first kappa shape index (κ1) is 15.1. The van der Waals surface area contributed by atoms with E-state index in [1.54, 1.807) is 11.1 Å². The maximum Gasteiger partial charge on any atom is 0.407 e. The molecule has 6 rings (SSSR count). The van der Waals surface area contributed by atoms with E-state index in [2.05, 4.69) is 28.4 Å². The van der Waals surface area contributed by atoms with Crippen LogP contribution in [0.15, 0.2) is 18.2 Å². The number of hydrogen-bond donors (Lipinski definition) is 1. The molecular formula is C21H24N2O3. The number of rotatable bonds is 2. The van der Waals surface area contributed by atoms with Gasteiger partial charge in [-0.2, -0.15) is 0 Å². The molecule has 1 aromatic rings. The summed E-state index contributed by atoms with van der Waals surface area (Å²) in [5, 5.41) is 2.88. The van der Waals surface area contributed by atoms with E-state index in [9.17, 15) is 9.59 Å². The van der Waals surface area contributed by atoms with Crippen molar-refractivity contribution in [3.8, 4) is 0 Å². The molecule has 0 bridgehead atoms. The molecule has 2 aliphatic heterocycles. The minimum absolute atomic E-state index is 0.0629. The number of fused-ring (bicyclic) bond motifs is 2. The van der Waals surface area contributed by atoms with E-state index in [4.69, 9.17) is 4.74 Å². The van der Waals surface area contributed by atoms with Crippen LogP contribution in [-0.2, 0) is 22.4 Å². The third kappa shape index (κ3) is 2.09. The summed E-state index contributed by atoms with van der Waals surface area (Å²) in [6.07, 6.45) is 4.90. The molecule has 5 heteroatoms. The summed E-state index contributed by atoms with van der Waals surface area (Å²) in [5.74, 6) is 2.33. The van der Waals surface area contributed by atoms with E-state index in [1.807, 2.05) is 0 Å². The van der Waals surface area contributed by atoms with Crippen molar-refractivity contribution in [2.45, 2.75) is 43.6 Å². The number of nitrogens with zero attached hydrogens (tertiary/aromatic N) is 1. The van der Waals surface area contributed by atoms with Crippen molar-refractivity contribution in [2.24, 2.45) is 17.8 Å². The normalized spacial score (nSPS) is 39.2. The molecule has 1 N–H and O–H groups in total. The molecular weight excluding hydrogens is 328 g/mol. The van der Waals surface area contributed by atoms with Gasteiger partial charge in [-0.1, -0.05) is 18.2 Å². The van der Waals surface area contributed by atoms with Crippen LogP contribution in [0.1, 0.15) is 41.9 Å². The molecule has 3 atom stereocenters. The fraction of sp³-hybridized carbons (Fsp3) is 0.619. The van der Waals surface area contributed by atoms with Crippen LogP contribution >= 0.6 is 0 Å². The highest BCUT2D eigenvalue weighted by molar-refractivity contribution is 5.82. The van der Waals surface area contributed by atoms with Gasteiger partial charge in [-0.25, -0.2) is 4.79 Å². The molecule has 2 saturated heterocycles. The van der Waals surface area contributed by atoms with Gasteiger partial charge in [0.05, 0.1) is 5.54 Å². The molecule has 4 fully saturated rings. The topological polar surface area (TPSA) is 58.6 Å². The van der Waals surface area contributed by atoms with Crippen LogP contribution in [0.4, 0.5) is 4.79 Å². The van der Waals surface area contributed by atoms with Gasteiger partial charge in [0.1, 0.15) is 6.61 Å². The number of aryl methyl sites for hydroxylation is 2. The Labute approximate surface area is 153 Å². The predicted octanol–water partition coefficient (Wildman–Crippen LogP) is 2.24. The van der Waals surface area contributed by atoms with E-state index >= 15 is 0 Å². The highest BCUT2D eigenvalue weighted by atomic mass is 16.6. The average Bonchev–Trinajstić information content (AvgIpc) is 3.06. The number of likely N-dealkylation sites (tertiary alicyclic amines) is 1. The van der Waals surface area contributed by atoms with Gasteiger partial charge in [-0.15, -0.1) is 0 Å². The van der Waals surface area contributed by atoms with Crippen molar-refractivity contribution in [1.82, 2.24) is 10.2 Å². The number of alkyl carbamates (subject to hydrolysis) is 1. The third-order valence-electron chi connectivity index (χ3n) is 7.48. The molecule has 136 valence electrons. The Morgan fingerprint density at radius 2 is 1.92 bits per heavy atom. The van der Waals surface area contributed by atoms with Gasteiger partial charge in [-0.3, -0.25) is 4.79 Å². The first-order valence-corrected chi connectivity index (χ1v) is 9.97. The maximum absolute atomic E-state index is 12.8. The number of benzene rings is 1. The molecule has 2 saturated carbocycles. The lowest BCUT2D eigenvalue weighted by molar-refractivity contribution is -0.140. The van der Waals surface area contributed by atoms with E-state index in [-0.39, 0.29) is 23.5 Å². The summed E-state index contributed by atoms with van der Waals surface area (Å²) >= 11 is 0. The van der Waals surface area contributed by atoms with Crippen LogP contribution in [-0.4, -0.2) is 42.1 Å². The molecule has 0 unspecified atom stereocenters. The number of cyclic esters (lactones) is 1. The van der Waals surface area contributed by atoms with Crippen LogP contribution in [0.2, 0.25) is 0 Å². The second-order valence-corrected chi connectivity index (χ2v) is 9.07. The largest absolute Gasteiger partial charge is 0.447 e.